The highest BCUT2D eigenvalue weighted by atomic mass is 16.7. The van der Waals surface area contributed by atoms with Gasteiger partial charge in [-0.1, -0.05) is 5.16 Å². The van der Waals surface area contributed by atoms with Crippen LogP contribution < -0.4 is 10.4 Å². The molecule has 8 heteroatoms. The third-order valence-corrected chi connectivity index (χ3v) is 5.10. The van der Waals surface area contributed by atoms with Crippen molar-refractivity contribution in [2.75, 3.05) is 4.90 Å². The molecule has 1 saturated heterocycles. The first-order valence-corrected chi connectivity index (χ1v) is 9.16. The molecule has 144 valence electrons. The highest BCUT2D eigenvalue weighted by molar-refractivity contribution is 6.64. The molecule has 0 radical (unpaired) electrons. The van der Waals surface area contributed by atoms with Gasteiger partial charge in [-0.25, -0.2) is 9.69 Å². The van der Waals surface area contributed by atoms with Gasteiger partial charge in [0.2, 0.25) is 5.88 Å². The van der Waals surface area contributed by atoms with Gasteiger partial charge in [-0.15, -0.1) is 0 Å². The van der Waals surface area contributed by atoms with Crippen molar-refractivity contribution < 1.29 is 23.4 Å². The van der Waals surface area contributed by atoms with E-state index in [1.165, 1.54) is 0 Å². The summed E-state index contributed by atoms with van der Waals surface area (Å²) >= 11 is 0. The van der Waals surface area contributed by atoms with E-state index in [0.29, 0.717) is 17.0 Å². The fourth-order valence-electron chi connectivity index (χ4n) is 2.81. The van der Waals surface area contributed by atoms with Gasteiger partial charge in [-0.3, -0.25) is 0 Å². The number of aryl methyl sites for hydroxylation is 1. The molecule has 7 nitrogen and oxygen atoms in total. The van der Waals surface area contributed by atoms with Crippen LogP contribution in [0.3, 0.4) is 0 Å². The molecular formula is C18H29BN2O5. The van der Waals surface area contributed by atoms with Gasteiger partial charge in [-0.2, -0.15) is 0 Å². The van der Waals surface area contributed by atoms with Gasteiger partial charge in [0.25, 0.3) is 0 Å². The molecular weight excluding hydrogens is 335 g/mol. The first kappa shape index (κ1) is 19.2. The molecule has 0 N–H and O–H groups in total. The predicted octanol–water partition coefficient (Wildman–Crippen LogP) is 3.19. The van der Waals surface area contributed by atoms with Crippen LogP contribution >= 0.6 is 0 Å². The standard InChI is InChI=1S/C18H29BN2O5/c1-11-13(19-25-17(5,6)18(7,8)26-19)14(24-20-11)21(12-9-10-12)15(22)23-16(2,3)4/h12H,9-10H2,1-8H3. The molecule has 2 fully saturated rings. The van der Waals surface area contributed by atoms with Crippen molar-refractivity contribution >= 4 is 24.6 Å². The Balaban J connectivity index is 1.95. The highest BCUT2D eigenvalue weighted by Crippen LogP contribution is 2.39. The van der Waals surface area contributed by atoms with E-state index in [2.05, 4.69) is 5.16 Å². The number of aromatic nitrogens is 1. The predicted molar refractivity (Wildman–Crippen MR) is 98.7 cm³/mol. The molecule has 0 atom stereocenters. The van der Waals surface area contributed by atoms with Crippen LogP contribution in [0, 0.1) is 6.92 Å². The Morgan fingerprint density at radius 3 is 2.19 bits per heavy atom. The number of carbonyl (C=O) groups excluding carboxylic acids is 1. The van der Waals surface area contributed by atoms with Crippen molar-refractivity contribution in [3.63, 3.8) is 0 Å². The molecule has 0 aromatic carbocycles. The number of nitrogens with zero attached hydrogens (tertiary/aromatic N) is 2. The smallest absolute Gasteiger partial charge is 0.443 e. The Kier molecular flexibility index (Phi) is 4.43. The lowest BCUT2D eigenvalue weighted by Crippen LogP contribution is -2.44. The second-order valence-corrected chi connectivity index (χ2v) is 9.16. The van der Waals surface area contributed by atoms with Gasteiger partial charge >= 0.3 is 13.2 Å². The van der Waals surface area contributed by atoms with Gasteiger partial charge in [0.15, 0.2) is 0 Å². The van der Waals surface area contributed by atoms with Crippen molar-refractivity contribution in [3.05, 3.63) is 5.69 Å². The number of hydrogen-bond acceptors (Lipinski definition) is 6. The minimum atomic E-state index is -0.648. The third-order valence-electron chi connectivity index (χ3n) is 5.10. The second kappa shape index (κ2) is 5.99. The number of ether oxygens (including phenoxy) is 1. The van der Waals surface area contributed by atoms with Gasteiger partial charge < -0.3 is 18.6 Å². The molecule has 1 amide bonds. The van der Waals surface area contributed by atoms with E-state index in [1.54, 1.807) is 4.90 Å². The monoisotopic (exact) mass is 364 g/mol. The van der Waals surface area contributed by atoms with Crippen molar-refractivity contribution in [2.45, 2.75) is 91.1 Å². The first-order chi connectivity index (χ1) is 11.8. The van der Waals surface area contributed by atoms with Crippen LogP contribution in [-0.2, 0) is 14.0 Å². The van der Waals surface area contributed by atoms with Crippen molar-refractivity contribution in [1.29, 1.82) is 0 Å². The van der Waals surface area contributed by atoms with E-state index in [0.717, 1.165) is 12.8 Å². The summed E-state index contributed by atoms with van der Waals surface area (Å²) in [4.78, 5) is 14.4. The summed E-state index contributed by atoms with van der Waals surface area (Å²) in [6, 6.07) is 0.0540. The van der Waals surface area contributed by atoms with Crippen molar-refractivity contribution in [1.82, 2.24) is 5.16 Å². The van der Waals surface area contributed by atoms with Crippen LogP contribution in [-0.4, -0.2) is 41.2 Å². The van der Waals surface area contributed by atoms with E-state index in [9.17, 15) is 4.79 Å². The lowest BCUT2D eigenvalue weighted by Gasteiger charge is -2.32. The summed E-state index contributed by atoms with van der Waals surface area (Å²) in [7, 11) is -0.648. The minimum absolute atomic E-state index is 0.0540. The molecule has 2 aliphatic rings. The molecule has 1 saturated carbocycles. The Morgan fingerprint density at radius 2 is 1.73 bits per heavy atom. The summed E-state index contributed by atoms with van der Waals surface area (Å²) in [6.45, 7) is 15.3. The molecule has 0 spiro atoms. The molecule has 1 aromatic heterocycles. The molecule has 0 unspecified atom stereocenters. The lowest BCUT2D eigenvalue weighted by atomic mass is 9.78. The van der Waals surface area contributed by atoms with E-state index < -0.39 is 30.0 Å². The van der Waals surface area contributed by atoms with E-state index in [1.807, 2.05) is 55.4 Å². The van der Waals surface area contributed by atoms with Crippen molar-refractivity contribution in [2.24, 2.45) is 0 Å². The summed E-state index contributed by atoms with van der Waals surface area (Å²) in [5.41, 5.74) is -0.276. The maximum absolute atomic E-state index is 12.8. The molecule has 26 heavy (non-hydrogen) atoms. The van der Waals surface area contributed by atoms with Crippen LogP contribution in [0.2, 0.25) is 0 Å². The van der Waals surface area contributed by atoms with Crippen LogP contribution in [0.4, 0.5) is 10.7 Å². The molecule has 1 aromatic rings. The minimum Gasteiger partial charge on any atom is -0.443 e. The Bertz CT molecular complexity index is 687. The SMILES string of the molecule is Cc1noc(N(C(=O)OC(C)(C)C)C2CC2)c1B1OC(C)(C)C(C)(C)O1. The zero-order valence-electron chi connectivity index (χ0n) is 17.0. The highest BCUT2D eigenvalue weighted by Gasteiger charge is 2.55. The average Bonchev–Trinajstić information content (AvgIpc) is 3.14. The summed E-state index contributed by atoms with van der Waals surface area (Å²) in [5.74, 6) is 0.359. The summed E-state index contributed by atoms with van der Waals surface area (Å²) in [5, 5.41) is 4.08. The maximum atomic E-state index is 12.8. The normalized spacial score (nSPS) is 21.8. The van der Waals surface area contributed by atoms with Gasteiger partial charge in [0.05, 0.1) is 22.4 Å². The first-order valence-electron chi connectivity index (χ1n) is 9.16. The average molecular weight is 364 g/mol. The van der Waals surface area contributed by atoms with Gasteiger partial charge in [0, 0.05) is 6.04 Å². The summed E-state index contributed by atoms with van der Waals surface area (Å²) in [6.07, 6.45) is 1.37. The second-order valence-electron chi connectivity index (χ2n) is 9.16. The van der Waals surface area contributed by atoms with Gasteiger partial charge in [-0.05, 0) is 68.2 Å². The molecule has 1 aliphatic heterocycles. The largest absolute Gasteiger partial charge is 0.502 e. The van der Waals surface area contributed by atoms with Gasteiger partial charge in [0.1, 0.15) is 5.60 Å². The molecule has 0 bridgehead atoms. The molecule has 2 heterocycles. The molecule has 3 rings (SSSR count). The van der Waals surface area contributed by atoms with Crippen molar-refractivity contribution in [3.8, 4) is 0 Å². The fraction of sp³-hybridized carbons (Fsp3) is 0.778. The summed E-state index contributed by atoms with van der Waals surface area (Å²) < 4.78 is 23.5. The van der Waals surface area contributed by atoms with Crippen LogP contribution in [0.25, 0.3) is 0 Å². The number of anilines is 1. The quantitative estimate of drug-likeness (QED) is 0.767. The Hall–Kier alpha value is -1.54. The van der Waals surface area contributed by atoms with E-state index >= 15 is 0 Å². The maximum Gasteiger partial charge on any atom is 0.502 e. The van der Waals surface area contributed by atoms with Crippen LogP contribution in [0.15, 0.2) is 4.52 Å². The Morgan fingerprint density at radius 1 is 1.19 bits per heavy atom. The Labute approximate surface area is 155 Å². The lowest BCUT2D eigenvalue weighted by molar-refractivity contribution is 0.00578. The topological polar surface area (TPSA) is 74.0 Å². The third kappa shape index (κ3) is 3.49. The number of carbonyl (C=O) groups is 1. The number of rotatable bonds is 3. The molecule has 1 aliphatic carbocycles. The zero-order chi connectivity index (χ0) is 19.5. The van der Waals surface area contributed by atoms with Crippen LogP contribution in [0.1, 0.15) is 67.0 Å². The zero-order valence-corrected chi connectivity index (χ0v) is 17.0. The van der Waals surface area contributed by atoms with E-state index in [4.69, 9.17) is 18.6 Å². The van der Waals surface area contributed by atoms with Crippen LogP contribution in [0.5, 0.6) is 0 Å². The number of hydrogen-bond donors (Lipinski definition) is 0. The van der Waals surface area contributed by atoms with E-state index in [-0.39, 0.29) is 6.04 Å². The number of amides is 1. The fourth-order valence-corrected chi connectivity index (χ4v) is 2.81.